The van der Waals surface area contributed by atoms with Gasteiger partial charge in [0.2, 0.25) is 15.9 Å². The average Bonchev–Trinajstić information content (AvgIpc) is 2.61. The van der Waals surface area contributed by atoms with Gasteiger partial charge in [-0.1, -0.05) is 51.1 Å². The number of anilines is 1. The van der Waals surface area contributed by atoms with E-state index in [1.807, 2.05) is 0 Å². The van der Waals surface area contributed by atoms with E-state index in [1.165, 1.54) is 17.7 Å². The first-order valence-corrected chi connectivity index (χ1v) is 11.5. The van der Waals surface area contributed by atoms with Crippen LogP contribution in [0.2, 0.25) is 0 Å². The number of halogens is 1. The first kappa shape index (κ1) is 22.9. The van der Waals surface area contributed by atoms with E-state index in [0.717, 1.165) is 11.8 Å². The smallest absolute Gasteiger partial charge is 0.229 e. The Morgan fingerprint density at radius 2 is 1.62 bits per heavy atom. The Balaban J connectivity index is 1.78. The van der Waals surface area contributed by atoms with Gasteiger partial charge in [-0.3, -0.25) is 9.52 Å². The lowest BCUT2D eigenvalue weighted by molar-refractivity contribution is -0.121. The lowest BCUT2D eigenvalue weighted by Gasteiger charge is -2.19. The van der Waals surface area contributed by atoms with Gasteiger partial charge in [0, 0.05) is 13.0 Å². The minimum absolute atomic E-state index is 0.0549. The van der Waals surface area contributed by atoms with Crippen LogP contribution in [0.25, 0.3) is 0 Å². The highest BCUT2D eigenvalue weighted by Crippen LogP contribution is 2.22. The molecule has 0 aliphatic rings. The molecule has 0 atom stereocenters. The van der Waals surface area contributed by atoms with Gasteiger partial charge >= 0.3 is 0 Å². The number of nitrogens with one attached hydrogen (secondary N) is 2. The molecule has 0 saturated carbocycles. The van der Waals surface area contributed by atoms with Crippen molar-refractivity contribution < 1.29 is 17.6 Å². The van der Waals surface area contributed by atoms with E-state index in [4.69, 9.17) is 0 Å². The van der Waals surface area contributed by atoms with E-state index in [-0.39, 0.29) is 17.0 Å². The number of hydrogen-bond donors (Lipinski definition) is 2. The van der Waals surface area contributed by atoms with Crippen LogP contribution >= 0.6 is 0 Å². The summed E-state index contributed by atoms with van der Waals surface area (Å²) >= 11 is 0. The lowest BCUT2D eigenvalue weighted by Crippen LogP contribution is -2.26. The second kappa shape index (κ2) is 9.39. The minimum atomic E-state index is -3.53. The Kier molecular flexibility index (Phi) is 7.41. The summed E-state index contributed by atoms with van der Waals surface area (Å²) in [5.74, 6) is -0.696. The Morgan fingerprint density at radius 3 is 2.17 bits per heavy atom. The molecular formula is C22H29FN2O3S. The summed E-state index contributed by atoms with van der Waals surface area (Å²) in [6.45, 7) is 6.88. The van der Waals surface area contributed by atoms with Gasteiger partial charge in [0.25, 0.3) is 0 Å². The van der Waals surface area contributed by atoms with E-state index >= 15 is 0 Å². The molecule has 2 aromatic rings. The van der Waals surface area contributed by atoms with Gasteiger partial charge in [0.15, 0.2) is 0 Å². The number of carbonyl (C=O) groups is 1. The molecule has 5 nitrogen and oxygen atoms in total. The second-order valence-electron chi connectivity index (χ2n) is 8.24. The van der Waals surface area contributed by atoms with Crippen LogP contribution in [-0.4, -0.2) is 27.1 Å². The molecule has 7 heteroatoms. The molecule has 0 bridgehead atoms. The second-order valence-corrected chi connectivity index (χ2v) is 9.98. The summed E-state index contributed by atoms with van der Waals surface area (Å²) in [5.41, 5.74) is 3.08. The largest absolute Gasteiger partial charge is 0.356 e. The minimum Gasteiger partial charge on any atom is -0.356 e. The SMILES string of the molecule is CC(C)(C)c1ccc(CCC(=O)NCCc2ccc(NS(C)(=O)=O)c(F)c2)cc1. The molecule has 0 unspecified atom stereocenters. The van der Waals surface area contributed by atoms with Gasteiger partial charge < -0.3 is 5.32 Å². The molecule has 2 N–H and O–H groups in total. The highest BCUT2D eigenvalue weighted by atomic mass is 32.2. The molecule has 29 heavy (non-hydrogen) atoms. The average molecular weight is 421 g/mol. The van der Waals surface area contributed by atoms with Crippen LogP contribution < -0.4 is 10.0 Å². The van der Waals surface area contributed by atoms with Crippen molar-refractivity contribution in [3.05, 3.63) is 65.0 Å². The molecule has 0 saturated heterocycles. The third-order valence-electron chi connectivity index (χ3n) is 4.53. The topological polar surface area (TPSA) is 75.3 Å². The Bertz CT molecular complexity index is 949. The Labute approximate surface area is 172 Å². The van der Waals surface area contributed by atoms with E-state index in [1.54, 1.807) is 6.07 Å². The van der Waals surface area contributed by atoms with Crippen molar-refractivity contribution in [2.24, 2.45) is 0 Å². The molecule has 0 spiro atoms. The monoisotopic (exact) mass is 420 g/mol. The summed E-state index contributed by atoms with van der Waals surface area (Å²) in [4.78, 5) is 12.0. The molecule has 0 fully saturated rings. The van der Waals surface area contributed by atoms with Gasteiger partial charge in [-0.2, -0.15) is 0 Å². The first-order chi connectivity index (χ1) is 13.4. The van der Waals surface area contributed by atoms with Gasteiger partial charge in [-0.05, 0) is 47.1 Å². The molecule has 0 heterocycles. The van der Waals surface area contributed by atoms with Crippen molar-refractivity contribution in [1.82, 2.24) is 5.32 Å². The van der Waals surface area contributed by atoms with Crippen LogP contribution in [0.3, 0.4) is 0 Å². The summed E-state index contributed by atoms with van der Waals surface area (Å²) in [5, 5.41) is 2.84. The molecule has 0 aromatic heterocycles. The number of aryl methyl sites for hydroxylation is 1. The van der Waals surface area contributed by atoms with Crippen molar-refractivity contribution >= 4 is 21.6 Å². The number of rotatable bonds is 8. The van der Waals surface area contributed by atoms with E-state index in [0.29, 0.717) is 31.4 Å². The fourth-order valence-corrected chi connectivity index (χ4v) is 3.43. The Morgan fingerprint density at radius 1 is 1.00 bits per heavy atom. The van der Waals surface area contributed by atoms with Crippen LogP contribution in [0.15, 0.2) is 42.5 Å². The van der Waals surface area contributed by atoms with Crippen LogP contribution in [0, 0.1) is 5.82 Å². The molecule has 0 radical (unpaired) electrons. The predicted octanol–water partition coefficient (Wildman–Crippen LogP) is 3.79. The molecule has 1 amide bonds. The van der Waals surface area contributed by atoms with E-state index in [2.05, 4.69) is 55.1 Å². The van der Waals surface area contributed by atoms with Crippen molar-refractivity contribution in [2.75, 3.05) is 17.5 Å². The summed E-state index contributed by atoms with van der Waals surface area (Å²) in [6, 6.07) is 12.6. The molecule has 158 valence electrons. The number of amides is 1. The van der Waals surface area contributed by atoms with Crippen molar-refractivity contribution in [3.63, 3.8) is 0 Å². The molecule has 2 aromatic carbocycles. The number of benzene rings is 2. The lowest BCUT2D eigenvalue weighted by atomic mass is 9.86. The van der Waals surface area contributed by atoms with Crippen LogP contribution in [0.5, 0.6) is 0 Å². The van der Waals surface area contributed by atoms with E-state index < -0.39 is 15.8 Å². The maximum absolute atomic E-state index is 14.0. The zero-order valence-electron chi connectivity index (χ0n) is 17.4. The molecule has 0 aliphatic heterocycles. The standard InChI is InChI=1S/C22H29FN2O3S/c1-22(2,3)18-9-5-16(6-10-18)8-12-21(26)24-14-13-17-7-11-20(19(23)15-17)25-29(4,27)28/h5-7,9-11,15,25H,8,12-14H2,1-4H3,(H,24,26). The number of sulfonamides is 1. The normalized spacial score (nSPS) is 11.9. The van der Waals surface area contributed by atoms with Crippen LogP contribution in [-0.2, 0) is 33.1 Å². The van der Waals surface area contributed by atoms with Crippen molar-refractivity contribution in [2.45, 2.75) is 45.4 Å². The molecular weight excluding hydrogens is 391 g/mol. The highest BCUT2D eigenvalue weighted by Gasteiger charge is 2.13. The summed E-state index contributed by atoms with van der Waals surface area (Å²) in [7, 11) is -3.53. The third-order valence-corrected chi connectivity index (χ3v) is 5.12. The fraction of sp³-hybridized carbons (Fsp3) is 0.409. The van der Waals surface area contributed by atoms with Crippen LogP contribution in [0.1, 0.15) is 43.9 Å². The zero-order chi connectivity index (χ0) is 21.7. The summed E-state index contributed by atoms with van der Waals surface area (Å²) in [6.07, 6.45) is 2.48. The maximum Gasteiger partial charge on any atom is 0.229 e. The van der Waals surface area contributed by atoms with Crippen LogP contribution in [0.4, 0.5) is 10.1 Å². The van der Waals surface area contributed by atoms with E-state index in [9.17, 15) is 17.6 Å². The number of carbonyl (C=O) groups excluding carboxylic acids is 1. The third kappa shape index (κ3) is 7.85. The highest BCUT2D eigenvalue weighted by molar-refractivity contribution is 7.92. The van der Waals surface area contributed by atoms with Crippen molar-refractivity contribution in [1.29, 1.82) is 0 Å². The van der Waals surface area contributed by atoms with Gasteiger partial charge in [-0.25, -0.2) is 12.8 Å². The Hall–Kier alpha value is -2.41. The zero-order valence-corrected chi connectivity index (χ0v) is 18.2. The molecule has 2 rings (SSSR count). The number of hydrogen-bond acceptors (Lipinski definition) is 3. The summed E-state index contributed by atoms with van der Waals surface area (Å²) < 4.78 is 38.5. The predicted molar refractivity (Wildman–Crippen MR) is 115 cm³/mol. The van der Waals surface area contributed by atoms with Gasteiger partial charge in [-0.15, -0.1) is 0 Å². The first-order valence-electron chi connectivity index (χ1n) is 9.56. The van der Waals surface area contributed by atoms with Gasteiger partial charge in [0.1, 0.15) is 5.82 Å². The molecule has 0 aliphatic carbocycles. The fourth-order valence-electron chi connectivity index (χ4n) is 2.86. The van der Waals surface area contributed by atoms with Crippen molar-refractivity contribution in [3.8, 4) is 0 Å². The van der Waals surface area contributed by atoms with Gasteiger partial charge in [0.05, 0.1) is 11.9 Å². The quantitative estimate of drug-likeness (QED) is 0.682. The maximum atomic E-state index is 14.0.